The smallest absolute Gasteiger partial charge is 0.116 e. The Labute approximate surface area is 103 Å². The van der Waals surface area contributed by atoms with Crippen LogP contribution in [0.1, 0.15) is 5.56 Å². The quantitative estimate of drug-likeness (QED) is 0.853. The highest BCUT2D eigenvalue weighted by atomic mass is 35.5. The fourth-order valence-electron chi connectivity index (χ4n) is 1.27. The molecule has 1 aromatic carbocycles. The monoisotopic (exact) mass is 251 g/mol. The zero-order valence-corrected chi connectivity index (χ0v) is 10.0. The molecule has 1 heterocycles. The number of benzene rings is 1. The second-order valence-electron chi connectivity index (χ2n) is 3.08. The Morgan fingerprint density at radius 1 is 1.31 bits per heavy atom. The van der Waals surface area contributed by atoms with E-state index in [1.807, 2.05) is 24.3 Å². The summed E-state index contributed by atoms with van der Waals surface area (Å²) >= 11 is 7.64. The molecule has 0 amide bonds. The van der Waals surface area contributed by atoms with Gasteiger partial charge >= 0.3 is 0 Å². The van der Waals surface area contributed by atoms with Crippen LogP contribution in [-0.4, -0.2) is 9.97 Å². The summed E-state index contributed by atoms with van der Waals surface area (Å²) < 4.78 is 0. The normalized spacial score (nSPS) is 10.4. The van der Waals surface area contributed by atoms with Gasteiger partial charge < -0.3 is 5.73 Å². The summed E-state index contributed by atoms with van der Waals surface area (Å²) in [6.07, 6.45) is 3.22. The Kier molecular flexibility index (Phi) is 3.77. The number of nitrogens with two attached hydrogens (primary N) is 1. The Bertz CT molecular complexity index is 476. The van der Waals surface area contributed by atoms with Gasteiger partial charge in [0.2, 0.25) is 0 Å². The lowest BCUT2D eigenvalue weighted by molar-refractivity contribution is 1.01. The van der Waals surface area contributed by atoms with Gasteiger partial charge in [0.1, 0.15) is 11.4 Å². The largest absolute Gasteiger partial charge is 0.326 e. The molecule has 0 radical (unpaired) electrons. The maximum atomic E-state index is 6.14. The van der Waals surface area contributed by atoms with Crippen molar-refractivity contribution in [2.24, 2.45) is 5.73 Å². The predicted octanol–water partition coefficient (Wildman–Crippen LogP) is 2.74. The third kappa shape index (κ3) is 2.52. The Morgan fingerprint density at radius 3 is 2.88 bits per heavy atom. The molecule has 0 fully saturated rings. The highest BCUT2D eigenvalue weighted by Crippen LogP contribution is 2.34. The van der Waals surface area contributed by atoms with Crippen LogP contribution in [-0.2, 0) is 6.54 Å². The van der Waals surface area contributed by atoms with Crippen molar-refractivity contribution in [2.75, 3.05) is 0 Å². The van der Waals surface area contributed by atoms with Gasteiger partial charge in [0.05, 0.1) is 5.02 Å². The average molecular weight is 252 g/mol. The SMILES string of the molecule is NCc1cccc(Cl)c1Sc1ccncn1. The van der Waals surface area contributed by atoms with Gasteiger partial charge in [0.25, 0.3) is 0 Å². The van der Waals surface area contributed by atoms with Crippen molar-refractivity contribution < 1.29 is 0 Å². The molecule has 1 aromatic heterocycles. The lowest BCUT2D eigenvalue weighted by Crippen LogP contribution is -1.98. The van der Waals surface area contributed by atoms with Crippen LogP contribution >= 0.6 is 23.4 Å². The minimum atomic E-state index is 0.466. The summed E-state index contributed by atoms with van der Waals surface area (Å²) in [6.45, 7) is 0.466. The standard InChI is InChI=1S/C11H10ClN3S/c12-9-3-1-2-8(6-13)11(9)16-10-4-5-14-7-15-10/h1-5,7H,6,13H2. The van der Waals surface area contributed by atoms with E-state index in [0.717, 1.165) is 15.5 Å². The highest BCUT2D eigenvalue weighted by Gasteiger charge is 2.08. The molecule has 0 aliphatic heterocycles. The second kappa shape index (κ2) is 5.30. The van der Waals surface area contributed by atoms with Crippen LogP contribution in [0.15, 0.2) is 46.7 Å². The number of hydrogen-bond acceptors (Lipinski definition) is 4. The molecule has 0 aliphatic rings. The van der Waals surface area contributed by atoms with Gasteiger partial charge in [-0.3, -0.25) is 0 Å². The zero-order valence-electron chi connectivity index (χ0n) is 8.43. The van der Waals surface area contributed by atoms with E-state index in [-0.39, 0.29) is 0 Å². The van der Waals surface area contributed by atoms with Crippen molar-refractivity contribution in [1.29, 1.82) is 0 Å². The van der Waals surface area contributed by atoms with Crippen molar-refractivity contribution in [3.63, 3.8) is 0 Å². The molecule has 0 atom stereocenters. The first-order chi connectivity index (χ1) is 7.81. The van der Waals surface area contributed by atoms with Gasteiger partial charge in [-0.05, 0) is 17.7 Å². The van der Waals surface area contributed by atoms with E-state index in [1.54, 1.807) is 6.20 Å². The lowest BCUT2D eigenvalue weighted by Gasteiger charge is -2.08. The number of halogens is 1. The van der Waals surface area contributed by atoms with Gasteiger partial charge in [-0.1, -0.05) is 35.5 Å². The fraction of sp³-hybridized carbons (Fsp3) is 0.0909. The lowest BCUT2D eigenvalue weighted by atomic mass is 10.2. The van der Waals surface area contributed by atoms with E-state index in [1.165, 1.54) is 18.1 Å². The molecular weight excluding hydrogens is 242 g/mol. The molecule has 0 aliphatic carbocycles. The Hall–Kier alpha value is -1.10. The van der Waals surface area contributed by atoms with E-state index < -0.39 is 0 Å². The second-order valence-corrected chi connectivity index (χ2v) is 4.52. The molecule has 82 valence electrons. The van der Waals surface area contributed by atoms with Crippen molar-refractivity contribution in [1.82, 2.24) is 9.97 Å². The summed E-state index contributed by atoms with van der Waals surface area (Å²) in [5, 5.41) is 1.56. The van der Waals surface area contributed by atoms with Gasteiger partial charge in [-0.25, -0.2) is 9.97 Å². The first-order valence-corrected chi connectivity index (χ1v) is 5.92. The summed E-state index contributed by atoms with van der Waals surface area (Å²) in [6, 6.07) is 7.56. The van der Waals surface area contributed by atoms with Gasteiger partial charge in [-0.2, -0.15) is 0 Å². The molecule has 3 nitrogen and oxygen atoms in total. The zero-order chi connectivity index (χ0) is 11.4. The molecular formula is C11H10ClN3S. The van der Waals surface area contributed by atoms with E-state index in [4.69, 9.17) is 17.3 Å². The molecule has 2 N–H and O–H groups in total. The van der Waals surface area contributed by atoms with Gasteiger partial charge in [0.15, 0.2) is 0 Å². The van der Waals surface area contributed by atoms with Crippen LogP contribution in [0.3, 0.4) is 0 Å². The number of rotatable bonds is 3. The summed E-state index contributed by atoms with van der Waals surface area (Å²) in [5.41, 5.74) is 6.69. The molecule has 0 unspecified atom stereocenters. The van der Waals surface area contributed by atoms with Crippen molar-refractivity contribution in [3.05, 3.63) is 47.4 Å². The third-order valence-electron chi connectivity index (χ3n) is 2.03. The molecule has 16 heavy (non-hydrogen) atoms. The first kappa shape index (κ1) is 11.4. The maximum Gasteiger partial charge on any atom is 0.116 e. The topological polar surface area (TPSA) is 51.8 Å². The number of nitrogens with zero attached hydrogens (tertiary/aromatic N) is 2. The maximum absolute atomic E-state index is 6.14. The average Bonchev–Trinajstić information content (AvgIpc) is 2.33. The Balaban J connectivity index is 2.34. The van der Waals surface area contributed by atoms with Crippen LogP contribution in [0.25, 0.3) is 0 Å². The predicted molar refractivity (Wildman–Crippen MR) is 65.5 cm³/mol. The molecule has 5 heteroatoms. The third-order valence-corrected chi connectivity index (χ3v) is 3.59. The van der Waals surface area contributed by atoms with Crippen LogP contribution in [0.5, 0.6) is 0 Å². The molecule has 0 saturated heterocycles. The van der Waals surface area contributed by atoms with E-state index in [2.05, 4.69) is 9.97 Å². The van der Waals surface area contributed by atoms with Crippen molar-refractivity contribution in [2.45, 2.75) is 16.5 Å². The highest BCUT2D eigenvalue weighted by molar-refractivity contribution is 7.99. The number of aromatic nitrogens is 2. The summed E-state index contributed by atoms with van der Waals surface area (Å²) in [7, 11) is 0. The van der Waals surface area contributed by atoms with E-state index in [0.29, 0.717) is 11.6 Å². The van der Waals surface area contributed by atoms with Crippen LogP contribution in [0, 0.1) is 0 Å². The summed E-state index contributed by atoms with van der Waals surface area (Å²) in [4.78, 5) is 8.98. The van der Waals surface area contributed by atoms with Crippen molar-refractivity contribution in [3.8, 4) is 0 Å². The van der Waals surface area contributed by atoms with Crippen LogP contribution in [0.2, 0.25) is 5.02 Å². The van der Waals surface area contributed by atoms with Crippen LogP contribution in [0.4, 0.5) is 0 Å². The minimum Gasteiger partial charge on any atom is -0.326 e. The molecule has 2 aromatic rings. The summed E-state index contributed by atoms with van der Waals surface area (Å²) in [5.74, 6) is 0. The fourth-order valence-corrected chi connectivity index (χ4v) is 2.47. The number of hydrogen-bond donors (Lipinski definition) is 1. The molecule has 0 bridgehead atoms. The Morgan fingerprint density at radius 2 is 2.19 bits per heavy atom. The van der Waals surface area contributed by atoms with Gasteiger partial charge in [-0.15, -0.1) is 0 Å². The van der Waals surface area contributed by atoms with E-state index in [9.17, 15) is 0 Å². The molecule has 2 rings (SSSR count). The van der Waals surface area contributed by atoms with Crippen LogP contribution < -0.4 is 5.73 Å². The minimum absolute atomic E-state index is 0.466. The molecule has 0 spiro atoms. The van der Waals surface area contributed by atoms with E-state index >= 15 is 0 Å². The van der Waals surface area contributed by atoms with Gasteiger partial charge in [0, 0.05) is 17.6 Å². The molecule has 0 saturated carbocycles. The first-order valence-electron chi connectivity index (χ1n) is 4.72. The van der Waals surface area contributed by atoms with Crippen molar-refractivity contribution >= 4 is 23.4 Å².